The van der Waals surface area contributed by atoms with E-state index in [4.69, 9.17) is 9.47 Å². The normalized spacial score (nSPS) is 28.5. The van der Waals surface area contributed by atoms with Gasteiger partial charge in [0, 0.05) is 32.0 Å². The van der Waals surface area contributed by atoms with Crippen LogP contribution < -0.4 is 0 Å². The van der Waals surface area contributed by atoms with Crippen molar-refractivity contribution < 1.29 is 14.6 Å². The van der Waals surface area contributed by atoms with E-state index >= 15 is 0 Å². The lowest BCUT2D eigenvalue weighted by molar-refractivity contribution is -0.00949. The Bertz CT molecular complexity index is 480. The van der Waals surface area contributed by atoms with Crippen molar-refractivity contribution >= 4 is 5.57 Å². The summed E-state index contributed by atoms with van der Waals surface area (Å²) in [6.45, 7) is 5.28. The first-order chi connectivity index (χ1) is 10.2. The Labute approximate surface area is 126 Å². The van der Waals surface area contributed by atoms with E-state index in [9.17, 15) is 5.11 Å². The fraction of sp³-hybridized carbons (Fsp3) is 0.444. The SMILES string of the molecule is C=C(c1ccccc1)[C@@H]1C=C[C@H](COC)[C@H](COC)[C@@H]1O. The molecule has 3 nitrogen and oxygen atoms in total. The predicted molar refractivity (Wildman–Crippen MR) is 84.8 cm³/mol. The molecule has 0 saturated carbocycles. The zero-order chi connectivity index (χ0) is 15.2. The minimum Gasteiger partial charge on any atom is -0.392 e. The third-order valence-corrected chi connectivity index (χ3v) is 4.19. The third kappa shape index (κ3) is 3.62. The first kappa shape index (κ1) is 16.0. The molecule has 4 atom stereocenters. The molecule has 0 aliphatic heterocycles. The van der Waals surface area contributed by atoms with Crippen LogP contribution in [0.5, 0.6) is 0 Å². The highest BCUT2D eigenvalue weighted by Gasteiger charge is 2.36. The molecule has 3 heteroatoms. The molecule has 0 aromatic heterocycles. The van der Waals surface area contributed by atoms with Crippen molar-refractivity contribution in [3.63, 3.8) is 0 Å². The molecule has 0 bridgehead atoms. The summed E-state index contributed by atoms with van der Waals surface area (Å²) in [5, 5.41) is 10.7. The molecule has 1 aliphatic rings. The van der Waals surface area contributed by atoms with E-state index in [2.05, 4.69) is 18.7 Å². The highest BCUT2D eigenvalue weighted by molar-refractivity contribution is 5.67. The molecule has 21 heavy (non-hydrogen) atoms. The summed E-state index contributed by atoms with van der Waals surface area (Å²) in [4.78, 5) is 0. The van der Waals surface area contributed by atoms with Gasteiger partial charge in [-0.05, 0) is 11.1 Å². The Morgan fingerprint density at radius 2 is 1.76 bits per heavy atom. The summed E-state index contributed by atoms with van der Waals surface area (Å²) >= 11 is 0. The van der Waals surface area contributed by atoms with Gasteiger partial charge in [0.15, 0.2) is 0 Å². The van der Waals surface area contributed by atoms with Crippen LogP contribution in [0.1, 0.15) is 5.56 Å². The molecular weight excluding hydrogens is 264 g/mol. The second-order valence-electron chi connectivity index (χ2n) is 5.53. The molecule has 1 N–H and O–H groups in total. The molecule has 1 aliphatic carbocycles. The summed E-state index contributed by atoms with van der Waals surface area (Å²) in [7, 11) is 3.34. The topological polar surface area (TPSA) is 38.7 Å². The molecule has 1 aromatic carbocycles. The lowest BCUT2D eigenvalue weighted by Crippen LogP contribution is -2.40. The molecular formula is C18H24O3. The number of benzene rings is 1. The Morgan fingerprint density at radius 1 is 1.10 bits per heavy atom. The van der Waals surface area contributed by atoms with Crippen molar-refractivity contribution in [1.29, 1.82) is 0 Å². The Hall–Kier alpha value is -1.42. The summed E-state index contributed by atoms with van der Waals surface area (Å²) in [6.07, 6.45) is 3.66. The monoisotopic (exact) mass is 288 g/mol. The lowest BCUT2D eigenvalue weighted by Gasteiger charge is -2.37. The van der Waals surface area contributed by atoms with Gasteiger partial charge < -0.3 is 14.6 Å². The van der Waals surface area contributed by atoms with Crippen molar-refractivity contribution in [2.75, 3.05) is 27.4 Å². The van der Waals surface area contributed by atoms with Gasteiger partial charge in [-0.15, -0.1) is 0 Å². The fourth-order valence-electron chi connectivity index (χ4n) is 2.99. The number of rotatable bonds is 6. The van der Waals surface area contributed by atoms with Crippen LogP contribution in [0.25, 0.3) is 5.57 Å². The Balaban J connectivity index is 2.21. The highest BCUT2D eigenvalue weighted by atomic mass is 16.5. The van der Waals surface area contributed by atoms with Gasteiger partial charge in [0.1, 0.15) is 0 Å². The molecule has 2 rings (SSSR count). The van der Waals surface area contributed by atoms with Crippen LogP contribution in [0.3, 0.4) is 0 Å². The van der Waals surface area contributed by atoms with E-state index < -0.39 is 6.10 Å². The van der Waals surface area contributed by atoms with E-state index in [1.165, 1.54) is 0 Å². The van der Waals surface area contributed by atoms with Crippen LogP contribution in [-0.2, 0) is 9.47 Å². The van der Waals surface area contributed by atoms with Crippen molar-refractivity contribution in [2.45, 2.75) is 6.10 Å². The van der Waals surface area contributed by atoms with E-state index in [1.807, 2.05) is 30.3 Å². The van der Waals surface area contributed by atoms with Crippen LogP contribution in [0.4, 0.5) is 0 Å². The number of aliphatic hydroxyl groups is 1. The van der Waals surface area contributed by atoms with Crippen LogP contribution in [0, 0.1) is 17.8 Å². The van der Waals surface area contributed by atoms with Crippen molar-refractivity contribution in [3.8, 4) is 0 Å². The third-order valence-electron chi connectivity index (χ3n) is 4.19. The average molecular weight is 288 g/mol. The van der Waals surface area contributed by atoms with Gasteiger partial charge in [0.25, 0.3) is 0 Å². The molecule has 1 aromatic rings. The van der Waals surface area contributed by atoms with Gasteiger partial charge in [0.05, 0.1) is 19.3 Å². The van der Waals surface area contributed by atoms with Gasteiger partial charge in [-0.1, -0.05) is 49.1 Å². The average Bonchev–Trinajstić information content (AvgIpc) is 2.51. The maximum absolute atomic E-state index is 10.7. The fourth-order valence-corrected chi connectivity index (χ4v) is 2.99. The first-order valence-electron chi connectivity index (χ1n) is 7.27. The van der Waals surface area contributed by atoms with Crippen LogP contribution in [-0.4, -0.2) is 38.6 Å². The number of aliphatic hydroxyl groups excluding tert-OH is 1. The standard InChI is InChI=1S/C18H24O3/c1-13(14-7-5-4-6-8-14)16-10-9-15(11-20-2)17(12-21-3)18(16)19/h4-10,15-19H,1,11-12H2,2-3H3/t15-,16+,17+,18-/m1/s1. The molecule has 0 radical (unpaired) electrons. The van der Waals surface area contributed by atoms with Gasteiger partial charge in [-0.3, -0.25) is 0 Å². The molecule has 0 saturated heterocycles. The summed E-state index contributed by atoms with van der Waals surface area (Å²) in [5.41, 5.74) is 2.00. The Morgan fingerprint density at radius 3 is 2.38 bits per heavy atom. The van der Waals surface area contributed by atoms with Gasteiger partial charge in [0.2, 0.25) is 0 Å². The van der Waals surface area contributed by atoms with Crippen LogP contribution in [0.15, 0.2) is 49.1 Å². The second kappa shape index (κ2) is 7.55. The summed E-state index contributed by atoms with van der Waals surface area (Å²) in [6, 6.07) is 10.00. The number of hydrogen-bond acceptors (Lipinski definition) is 3. The minimum absolute atomic E-state index is 0.0189. The molecule has 114 valence electrons. The van der Waals surface area contributed by atoms with Gasteiger partial charge in [-0.2, -0.15) is 0 Å². The van der Waals surface area contributed by atoms with Crippen LogP contribution >= 0.6 is 0 Å². The largest absolute Gasteiger partial charge is 0.392 e. The number of methoxy groups -OCH3 is 2. The molecule has 0 amide bonds. The van der Waals surface area contributed by atoms with Crippen molar-refractivity contribution in [2.24, 2.45) is 17.8 Å². The van der Waals surface area contributed by atoms with Gasteiger partial charge >= 0.3 is 0 Å². The summed E-state index contributed by atoms with van der Waals surface area (Å²) in [5.74, 6) is 0.107. The van der Waals surface area contributed by atoms with E-state index in [-0.39, 0.29) is 17.8 Å². The first-order valence-corrected chi connectivity index (χ1v) is 7.27. The molecule has 0 unspecified atom stereocenters. The maximum Gasteiger partial charge on any atom is 0.0699 e. The van der Waals surface area contributed by atoms with E-state index in [0.717, 1.165) is 11.1 Å². The maximum atomic E-state index is 10.7. The van der Waals surface area contributed by atoms with E-state index in [1.54, 1.807) is 14.2 Å². The number of ether oxygens (including phenoxy) is 2. The zero-order valence-electron chi connectivity index (χ0n) is 12.7. The highest BCUT2D eigenvalue weighted by Crippen LogP contribution is 2.36. The molecule has 0 spiro atoms. The van der Waals surface area contributed by atoms with Crippen molar-refractivity contribution in [3.05, 3.63) is 54.6 Å². The van der Waals surface area contributed by atoms with Crippen molar-refractivity contribution in [1.82, 2.24) is 0 Å². The Kier molecular flexibility index (Phi) is 5.74. The van der Waals surface area contributed by atoms with Gasteiger partial charge in [-0.25, -0.2) is 0 Å². The van der Waals surface area contributed by atoms with E-state index in [0.29, 0.717) is 13.2 Å². The van der Waals surface area contributed by atoms with Crippen LogP contribution in [0.2, 0.25) is 0 Å². The quantitative estimate of drug-likeness (QED) is 0.818. The minimum atomic E-state index is -0.511. The molecule has 0 heterocycles. The number of hydrogen-bond donors (Lipinski definition) is 1. The second-order valence-corrected chi connectivity index (χ2v) is 5.53. The smallest absolute Gasteiger partial charge is 0.0699 e. The molecule has 0 fully saturated rings. The lowest BCUT2D eigenvalue weighted by atomic mass is 9.73. The predicted octanol–water partition coefficient (Wildman–Crippen LogP) is 2.77. The zero-order valence-corrected chi connectivity index (χ0v) is 12.7. The summed E-state index contributed by atoms with van der Waals surface area (Å²) < 4.78 is 10.5.